The summed E-state index contributed by atoms with van der Waals surface area (Å²) in [5.74, 6) is 0.911. The van der Waals surface area contributed by atoms with Crippen molar-refractivity contribution in [2.75, 3.05) is 18.4 Å². The molecule has 0 saturated carbocycles. The molecule has 144 valence electrons. The molecule has 1 fully saturated rings. The highest BCUT2D eigenvalue weighted by atomic mass is 35.5. The molecule has 2 amide bonds. The second-order valence-corrected chi connectivity index (χ2v) is 7.32. The Kier molecular flexibility index (Phi) is 5.25. The summed E-state index contributed by atoms with van der Waals surface area (Å²) in [5.41, 5.74) is 2.88. The Hall–Kier alpha value is -2.93. The average molecular weight is 397 g/mol. The van der Waals surface area contributed by atoms with Gasteiger partial charge < -0.3 is 4.90 Å². The van der Waals surface area contributed by atoms with Crippen molar-refractivity contribution in [2.45, 2.75) is 25.7 Å². The minimum absolute atomic E-state index is 0.123. The highest BCUT2D eigenvalue weighted by Gasteiger charge is 2.25. The van der Waals surface area contributed by atoms with Gasteiger partial charge in [-0.2, -0.15) is 0 Å². The maximum atomic E-state index is 12.6. The zero-order valence-electron chi connectivity index (χ0n) is 15.5. The number of piperidine rings is 1. The van der Waals surface area contributed by atoms with Crippen LogP contribution in [0.1, 0.15) is 30.1 Å². The Balaban J connectivity index is 1.38. The minimum Gasteiger partial charge on any atom is -0.324 e. The zero-order valence-corrected chi connectivity index (χ0v) is 16.3. The number of anilines is 1. The summed E-state index contributed by atoms with van der Waals surface area (Å²) in [6, 6.07) is 11.1. The average Bonchev–Trinajstić information content (AvgIpc) is 3.09. The van der Waals surface area contributed by atoms with Gasteiger partial charge in [0.1, 0.15) is 6.33 Å². The molecule has 28 heavy (non-hydrogen) atoms. The molecule has 0 aliphatic carbocycles. The number of nitrogens with one attached hydrogen (secondary N) is 1. The minimum atomic E-state index is -0.123. The summed E-state index contributed by atoms with van der Waals surface area (Å²) in [5, 5.41) is 8.09. The molecule has 7 nitrogen and oxygen atoms in total. The molecule has 1 aliphatic rings. The van der Waals surface area contributed by atoms with Crippen LogP contribution >= 0.6 is 11.6 Å². The van der Waals surface area contributed by atoms with Gasteiger partial charge in [-0.3, -0.25) is 5.32 Å². The van der Waals surface area contributed by atoms with Crippen molar-refractivity contribution >= 4 is 23.4 Å². The molecule has 8 heteroatoms. The van der Waals surface area contributed by atoms with E-state index in [2.05, 4.69) is 20.4 Å². The number of hydrogen-bond donors (Lipinski definition) is 1. The summed E-state index contributed by atoms with van der Waals surface area (Å²) < 4.78 is 1.79. The summed E-state index contributed by atoms with van der Waals surface area (Å²) in [4.78, 5) is 22.8. The standard InChI is InChI=1S/C20H21ClN6O/c1-14-12-19(25-27(14)17-4-2-16(21)3-5-17)24-20(28)26-10-7-15(8-11-26)18-6-9-22-13-23-18/h2-6,9,12-13,15H,7-8,10-11H2,1H3,(H,24,25,28). The van der Waals surface area contributed by atoms with E-state index in [1.807, 2.05) is 48.2 Å². The van der Waals surface area contributed by atoms with Gasteiger partial charge in [-0.1, -0.05) is 11.6 Å². The summed E-state index contributed by atoms with van der Waals surface area (Å²) in [6.45, 7) is 3.33. The van der Waals surface area contributed by atoms with Gasteiger partial charge in [0.15, 0.2) is 5.82 Å². The van der Waals surface area contributed by atoms with Gasteiger partial charge in [0, 0.05) is 47.7 Å². The van der Waals surface area contributed by atoms with Crippen LogP contribution in [-0.4, -0.2) is 43.8 Å². The van der Waals surface area contributed by atoms with Crippen LogP contribution < -0.4 is 5.32 Å². The number of nitrogens with zero attached hydrogens (tertiary/aromatic N) is 5. The topological polar surface area (TPSA) is 75.9 Å². The number of amides is 2. The normalized spacial score (nSPS) is 14.9. The number of urea groups is 1. The van der Waals surface area contributed by atoms with Gasteiger partial charge in [-0.05, 0) is 50.1 Å². The number of aryl methyl sites for hydroxylation is 1. The van der Waals surface area contributed by atoms with E-state index in [0.29, 0.717) is 29.8 Å². The third-order valence-electron chi connectivity index (χ3n) is 5.00. The molecule has 3 heterocycles. The number of aromatic nitrogens is 4. The van der Waals surface area contributed by atoms with Crippen molar-refractivity contribution in [1.82, 2.24) is 24.6 Å². The van der Waals surface area contributed by atoms with Crippen LogP contribution in [0.4, 0.5) is 10.6 Å². The third kappa shape index (κ3) is 3.99. The van der Waals surface area contributed by atoms with Crippen LogP contribution in [0.2, 0.25) is 5.02 Å². The van der Waals surface area contributed by atoms with Gasteiger partial charge in [0.25, 0.3) is 0 Å². The van der Waals surface area contributed by atoms with Crippen molar-refractivity contribution in [2.24, 2.45) is 0 Å². The Morgan fingerprint density at radius 1 is 1.18 bits per heavy atom. The number of carbonyl (C=O) groups excluding carboxylic acids is 1. The van der Waals surface area contributed by atoms with Gasteiger partial charge >= 0.3 is 6.03 Å². The first-order valence-electron chi connectivity index (χ1n) is 9.24. The molecule has 0 spiro atoms. The molecular formula is C20H21ClN6O. The van der Waals surface area contributed by atoms with Crippen LogP contribution in [-0.2, 0) is 0 Å². The Morgan fingerprint density at radius 3 is 2.61 bits per heavy atom. The van der Waals surface area contributed by atoms with Crippen LogP contribution in [0.15, 0.2) is 48.9 Å². The van der Waals surface area contributed by atoms with E-state index < -0.39 is 0 Å². The van der Waals surface area contributed by atoms with Gasteiger partial charge in [0.05, 0.1) is 5.69 Å². The summed E-state index contributed by atoms with van der Waals surface area (Å²) in [6.07, 6.45) is 5.12. The lowest BCUT2D eigenvalue weighted by molar-refractivity contribution is 0.194. The number of carbonyl (C=O) groups is 1. The highest BCUT2D eigenvalue weighted by Crippen LogP contribution is 2.26. The van der Waals surface area contributed by atoms with E-state index in [1.54, 1.807) is 17.2 Å². The molecule has 0 bridgehead atoms. The number of likely N-dealkylation sites (tertiary alicyclic amines) is 1. The lowest BCUT2D eigenvalue weighted by Gasteiger charge is -2.31. The maximum Gasteiger partial charge on any atom is 0.323 e. The van der Waals surface area contributed by atoms with E-state index in [-0.39, 0.29) is 6.03 Å². The first-order chi connectivity index (χ1) is 13.6. The number of hydrogen-bond acceptors (Lipinski definition) is 4. The maximum absolute atomic E-state index is 12.6. The van der Waals surface area contributed by atoms with Crippen LogP contribution in [0, 0.1) is 6.92 Å². The zero-order chi connectivity index (χ0) is 19.5. The molecule has 1 aromatic carbocycles. The van der Waals surface area contributed by atoms with Crippen LogP contribution in [0.5, 0.6) is 0 Å². The lowest BCUT2D eigenvalue weighted by atomic mass is 9.93. The molecule has 0 atom stereocenters. The van der Waals surface area contributed by atoms with E-state index >= 15 is 0 Å². The van der Waals surface area contributed by atoms with Crippen molar-refractivity contribution in [3.63, 3.8) is 0 Å². The van der Waals surface area contributed by atoms with Crippen molar-refractivity contribution in [1.29, 1.82) is 0 Å². The first kappa shape index (κ1) is 18.4. The lowest BCUT2D eigenvalue weighted by Crippen LogP contribution is -2.40. The molecule has 1 saturated heterocycles. The second kappa shape index (κ2) is 7.98. The van der Waals surface area contributed by atoms with Crippen LogP contribution in [0.3, 0.4) is 0 Å². The molecule has 1 aliphatic heterocycles. The van der Waals surface area contributed by atoms with Gasteiger partial charge in [0.2, 0.25) is 0 Å². The fourth-order valence-electron chi connectivity index (χ4n) is 3.49. The molecule has 0 radical (unpaired) electrons. The SMILES string of the molecule is Cc1cc(NC(=O)N2CCC(c3ccncn3)CC2)nn1-c1ccc(Cl)cc1. The van der Waals surface area contributed by atoms with E-state index in [0.717, 1.165) is 29.9 Å². The highest BCUT2D eigenvalue weighted by molar-refractivity contribution is 6.30. The Morgan fingerprint density at radius 2 is 1.93 bits per heavy atom. The quantitative estimate of drug-likeness (QED) is 0.725. The summed E-state index contributed by atoms with van der Waals surface area (Å²) >= 11 is 5.95. The fraction of sp³-hybridized carbons (Fsp3) is 0.300. The number of benzene rings is 1. The van der Waals surface area contributed by atoms with Crippen molar-refractivity contribution in [3.8, 4) is 5.69 Å². The van der Waals surface area contributed by atoms with E-state index in [1.165, 1.54) is 0 Å². The van der Waals surface area contributed by atoms with Gasteiger partial charge in [-0.15, -0.1) is 5.10 Å². The molecule has 3 aromatic rings. The predicted octanol–water partition coefficient (Wildman–Crippen LogP) is 4.04. The van der Waals surface area contributed by atoms with Gasteiger partial charge in [-0.25, -0.2) is 19.4 Å². The third-order valence-corrected chi connectivity index (χ3v) is 5.25. The van der Waals surface area contributed by atoms with E-state index in [4.69, 9.17) is 11.6 Å². The molecular weight excluding hydrogens is 376 g/mol. The second-order valence-electron chi connectivity index (χ2n) is 6.88. The summed E-state index contributed by atoms with van der Waals surface area (Å²) in [7, 11) is 0. The molecule has 2 aromatic heterocycles. The van der Waals surface area contributed by atoms with Crippen molar-refractivity contribution in [3.05, 3.63) is 65.3 Å². The molecule has 1 N–H and O–H groups in total. The Bertz CT molecular complexity index is 949. The van der Waals surface area contributed by atoms with Crippen molar-refractivity contribution < 1.29 is 4.79 Å². The monoisotopic (exact) mass is 396 g/mol. The number of rotatable bonds is 3. The fourth-order valence-corrected chi connectivity index (χ4v) is 3.61. The first-order valence-corrected chi connectivity index (χ1v) is 9.62. The molecule has 0 unspecified atom stereocenters. The number of halogens is 1. The predicted molar refractivity (Wildman–Crippen MR) is 108 cm³/mol. The Labute approximate surface area is 168 Å². The smallest absolute Gasteiger partial charge is 0.323 e. The van der Waals surface area contributed by atoms with E-state index in [9.17, 15) is 4.79 Å². The molecule has 4 rings (SSSR count). The largest absolute Gasteiger partial charge is 0.324 e. The van der Waals surface area contributed by atoms with Crippen LogP contribution in [0.25, 0.3) is 5.69 Å².